The monoisotopic (exact) mass is 111 g/mol. The van der Waals surface area contributed by atoms with Gasteiger partial charge in [0.05, 0.1) is 0 Å². The summed E-state index contributed by atoms with van der Waals surface area (Å²) in [7, 11) is 0. The highest BCUT2D eigenvalue weighted by Gasteiger charge is 2.30. The van der Waals surface area contributed by atoms with Crippen molar-refractivity contribution in [2.75, 3.05) is 6.54 Å². The Balaban J connectivity index is 1.97. The van der Waals surface area contributed by atoms with Crippen molar-refractivity contribution in [3.8, 4) is 0 Å². The van der Waals surface area contributed by atoms with E-state index in [9.17, 15) is 0 Å². The van der Waals surface area contributed by atoms with Gasteiger partial charge in [-0.25, -0.2) is 0 Å². The molecular formula is C7H13N. The summed E-state index contributed by atoms with van der Waals surface area (Å²) in [6.45, 7) is 6.85. The third-order valence-corrected chi connectivity index (χ3v) is 1.63. The van der Waals surface area contributed by atoms with Crippen LogP contribution in [0.4, 0.5) is 0 Å². The Labute approximate surface area is 50.8 Å². The second kappa shape index (κ2) is 2.31. The van der Waals surface area contributed by atoms with Gasteiger partial charge in [-0.15, -0.1) is 6.58 Å². The fraction of sp³-hybridized carbons (Fsp3) is 0.714. The van der Waals surface area contributed by atoms with Crippen LogP contribution < -0.4 is 5.32 Å². The highest BCUT2D eigenvalue weighted by atomic mass is 15.0. The zero-order chi connectivity index (χ0) is 5.98. The predicted octanol–water partition coefficient (Wildman–Crippen LogP) is 1.17. The average Bonchev–Trinajstić information content (AvgIpc) is 2.42. The third kappa shape index (κ3) is 1.34. The molecule has 0 bridgehead atoms. The van der Waals surface area contributed by atoms with Gasteiger partial charge in [-0.05, 0) is 12.3 Å². The van der Waals surface area contributed by atoms with Gasteiger partial charge in [-0.2, -0.15) is 0 Å². The molecule has 0 aliphatic heterocycles. The molecule has 46 valence electrons. The van der Waals surface area contributed by atoms with Crippen LogP contribution in [0.3, 0.4) is 0 Å². The summed E-state index contributed by atoms with van der Waals surface area (Å²) in [5.41, 5.74) is 0. The minimum atomic E-state index is 0.799. The van der Waals surface area contributed by atoms with Crippen molar-refractivity contribution in [1.29, 1.82) is 0 Å². The van der Waals surface area contributed by atoms with Crippen LogP contribution in [0.5, 0.6) is 0 Å². The van der Waals surface area contributed by atoms with Crippen LogP contribution in [0.25, 0.3) is 0 Å². The van der Waals surface area contributed by atoms with Gasteiger partial charge in [0.25, 0.3) is 0 Å². The van der Waals surface area contributed by atoms with E-state index in [4.69, 9.17) is 0 Å². The number of nitrogens with one attached hydrogen (secondary N) is 1. The molecule has 1 saturated carbocycles. The SMILES string of the molecule is C=CCNC1CC1C. The molecule has 1 fully saturated rings. The fourth-order valence-corrected chi connectivity index (χ4v) is 0.841. The molecule has 1 aliphatic carbocycles. The highest BCUT2D eigenvalue weighted by Crippen LogP contribution is 2.28. The Morgan fingerprint density at radius 2 is 2.50 bits per heavy atom. The molecule has 0 amide bonds. The highest BCUT2D eigenvalue weighted by molar-refractivity contribution is 4.91. The number of hydrogen-bond acceptors (Lipinski definition) is 1. The molecule has 0 heterocycles. The van der Waals surface area contributed by atoms with Gasteiger partial charge < -0.3 is 5.32 Å². The Bertz CT molecular complexity index is 88.4. The summed E-state index contributed by atoms with van der Waals surface area (Å²) in [6, 6.07) is 0.799. The number of rotatable bonds is 3. The van der Waals surface area contributed by atoms with Crippen molar-refractivity contribution in [3.05, 3.63) is 12.7 Å². The zero-order valence-electron chi connectivity index (χ0n) is 5.35. The molecule has 0 aromatic heterocycles. The lowest BCUT2D eigenvalue weighted by Gasteiger charge is -1.93. The van der Waals surface area contributed by atoms with Gasteiger partial charge in [-0.1, -0.05) is 13.0 Å². The van der Waals surface area contributed by atoms with Crippen molar-refractivity contribution < 1.29 is 0 Å². The van der Waals surface area contributed by atoms with E-state index in [1.807, 2.05) is 6.08 Å². The normalized spacial score (nSPS) is 34.6. The Morgan fingerprint density at radius 3 is 2.88 bits per heavy atom. The second-order valence-electron chi connectivity index (χ2n) is 2.52. The van der Waals surface area contributed by atoms with E-state index in [0.29, 0.717) is 0 Å². The first-order valence-corrected chi connectivity index (χ1v) is 3.19. The summed E-state index contributed by atoms with van der Waals surface area (Å²) < 4.78 is 0. The van der Waals surface area contributed by atoms with Crippen LogP contribution in [0.1, 0.15) is 13.3 Å². The van der Waals surface area contributed by atoms with Gasteiger partial charge >= 0.3 is 0 Å². The van der Waals surface area contributed by atoms with E-state index in [2.05, 4.69) is 18.8 Å². The molecule has 0 radical (unpaired) electrons. The maximum absolute atomic E-state index is 3.62. The lowest BCUT2D eigenvalue weighted by atomic mass is 10.5. The molecule has 2 unspecified atom stereocenters. The standard InChI is InChI=1S/C7H13N/c1-3-4-8-7-5-6(7)2/h3,6-8H,1,4-5H2,2H3. The molecule has 1 heteroatoms. The molecule has 1 nitrogen and oxygen atoms in total. The molecule has 0 saturated heterocycles. The molecule has 8 heavy (non-hydrogen) atoms. The van der Waals surface area contributed by atoms with Gasteiger partial charge in [-0.3, -0.25) is 0 Å². The first-order chi connectivity index (χ1) is 3.84. The average molecular weight is 111 g/mol. The Morgan fingerprint density at radius 1 is 1.88 bits per heavy atom. The van der Waals surface area contributed by atoms with Crippen LogP contribution in [0.15, 0.2) is 12.7 Å². The predicted molar refractivity (Wildman–Crippen MR) is 35.8 cm³/mol. The minimum absolute atomic E-state index is 0.799. The lowest BCUT2D eigenvalue weighted by molar-refractivity contribution is 0.705. The summed E-state index contributed by atoms with van der Waals surface area (Å²) in [4.78, 5) is 0. The largest absolute Gasteiger partial charge is 0.310 e. The van der Waals surface area contributed by atoms with Crippen molar-refractivity contribution in [2.24, 2.45) is 5.92 Å². The Kier molecular flexibility index (Phi) is 1.69. The van der Waals surface area contributed by atoms with Crippen LogP contribution >= 0.6 is 0 Å². The van der Waals surface area contributed by atoms with E-state index in [1.54, 1.807) is 0 Å². The van der Waals surface area contributed by atoms with E-state index < -0.39 is 0 Å². The van der Waals surface area contributed by atoms with Gasteiger partial charge in [0.1, 0.15) is 0 Å². The summed E-state index contributed by atoms with van der Waals surface area (Å²) in [5.74, 6) is 0.912. The summed E-state index contributed by atoms with van der Waals surface area (Å²) in [5, 5.41) is 3.34. The molecular weight excluding hydrogens is 98.1 g/mol. The van der Waals surface area contributed by atoms with Gasteiger partial charge in [0.15, 0.2) is 0 Å². The van der Waals surface area contributed by atoms with Crippen LogP contribution in [0.2, 0.25) is 0 Å². The molecule has 0 aromatic carbocycles. The van der Waals surface area contributed by atoms with Crippen molar-refractivity contribution >= 4 is 0 Å². The van der Waals surface area contributed by atoms with Crippen molar-refractivity contribution in [1.82, 2.24) is 5.32 Å². The molecule has 1 N–H and O–H groups in total. The maximum Gasteiger partial charge on any atom is 0.0134 e. The topological polar surface area (TPSA) is 12.0 Å². The van der Waals surface area contributed by atoms with Crippen LogP contribution in [-0.2, 0) is 0 Å². The quantitative estimate of drug-likeness (QED) is 0.539. The van der Waals surface area contributed by atoms with E-state index in [1.165, 1.54) is 6.42 Å². The molecule has 1 aliphatic rings. The second-order valence-corrected chi connectivity index (χ2v) is 2.52. The van der Waals surface area contributed by atoms with Crippen LogP contribution in [0, 0.1) is 5.92 Å². The first-order valence-electron chi connectivity index (χ1n) is 3.19. The van der Waals surface area contributed by atoms with E-state index in [-0.39, 0.29) is 0 Å². The fourth-order valence-electron chi connectivity index (χ4n) is 0.841. The number of hydrogen-bond donors (Lipinski definition) is 1. The third-order valence-electron chi connectivity index (χ3n) is 1.63. The van der Waals surface area contributed by atoms with Crippen molar-refractivity contribution in [2.45, 2.75) is 19.4 Å². The van der Waals surface area contributed by atoms with Gasteiger partial charge in [0, 0.05) is 12.6 Å². The van der Waals surface area contributed by atoms with E-state index >= 15 is 0 Å². The summed E-state index contributed by atoms with van der Waals surface area (Å²) >= 11 is 0. The molecule has 0 spiro atoms. The van der Waals surface area contributed by atoms with E-state index in [0.717, 1.165) is 18.5 Å². The smallest absolute Gasteiger partial charge is 0.0134 e. The van der Waals surface area contributed by atoms with Crippen molar-refractivity contribution in [3.63, 3.8) is 0 Å². The zero-order valence-corrected chi connectivity index (χ0v) is 5.35. The lowest BCUT2D eigenvalue weighted by Crippen LogP contribution is -2.16. The van der Waals surface area contributed by atoms with Crippen LogP contribution in [-0.4, -0.2) is 12.6 Å². The maximum atomic E-state index is 3.62. The molecule has 0 aromatic rings. The van der Waals surface area contributed by atoms with Gasteiger partial charge in [0.2, 0.25) is 0 Å². The first kappa shape index (κ1) is 5.83. The minimum Gasteiger partial charge on any atom is -0.310 e. The Hall–Kier alpha value is -0.300. The summed E-state index contributed by atoms with van der Waals surface area (Å²) in [6.07, 6.45) is 3.26. The molecule has 2 atom stereocenters. The molecule has 1 rings (SSSR count).